The molecule has 5 heteroatoms. The van der Waals surface area contributed by atoms with Crippen LogP contribution in [0.1, 0.15) is 75.1 Å². The summed E-state index contributed by atoms with van der Waals surface area (Å²) in [6.45, 7) is 8.16. The van der Waals surface area contributed by atoms with Crippen molar-refractivity contribution in [1.29, 1.82) is 0 Å². The van der Waals surface area contributed by atoms with Crippen LogP contribution in [-0.2, 0) is 16.8 Å². The lowest BCUT2D eigenvalue weighted by Crippen LogP contribution is -2.74. The largest absolute Gasteiger partial charge is 0.469 e. The van der Waals surface area contributed by atoms with Crippen LogP contribution in [0.2, 0.25) is 0 Å². The van der Waals surface area contributed by atoms with Crippen molar-refractivity contribution in [3.05, 3.63) is 59.5 Å². The van der Waals surface area contributed by atoms with Gasteiger partial charge >= 0.3 is 5.97 Å². The van der Waals surface area contributed by atoms with Gasteiger partial charge in [-0.15, -0.1) is 0 Å². The lowest BCUT2D eigenvalue weighted by molar-refractivity contribution is -0.298. The Balaban J connectivity index is 1.62. The van der Waals surface area contributed by atoms with E-state index in [4.69, 9.17) is 9.15 Å². The number of fused-ring (bicyclic) bond motifs is 4. The molecule has 0 bridgehead atoms. The Morgan fingerprint density at radius 3 is 2.47 bits per heavy atom. The van der Waals surface area contributed by atoms with E-state index in [1.807, 2.05) is 31.2 Å². The molecular formula is C27H34O5. The molecule has 0 aliphatic heterocycles. The summed E-state index contributed by atoms with van der Waals surface area (Å²) in [7, 11) is 0. The summed E-state index contributed by atoms with van der Waals surface area (Å²) in [6, 6.07) is 10.8. The third kappa shape index (κ3) is 2.73. The van der Waals surface area contributed by atoms with Crippen molar-refractivity contribution < 1.29 is 24.2 Å². The first-order chi connectivity index (χ1) is 15.0. The summed E-state index contributed by atoms with van der Waals surface area (Å²) in [6.07, 6.45) is 4.69. The molecule has 3 aliphatic carbocycles. The van der Waals surface area contributed by atoms with Gasteiger partial charge in [-0.25, -0.2) is 4.79 Å². The van der Waals surface area contributed by atoms with Crippen LogP contribution in [0, 0.1) is 22.7 Å². The summed E-state index contributed by atoms with van der Waals surface area (Å²) < 4.78 is 11.9. The van der Waals surface area contributed by atoms with Crippen molar-refractivity contribution in [2.24, 2.45) is 22.7 Å². The van der Waals surface area contributed by atoms with E-state index in [9.17, 15) is 15.0 Å². The van der Waals surface area contributed by atoms with E-state index >= 15 is 0 Å². The molecule has 0 radical (unpaired) electrons. The first-order valence-corrected chi connectivity index (χ1v) is 11.8. The molecule has 2 aromatic rings. The minimum absolute atomic E-state index is 0.0207. The molecule has 3 aliphatic rings. The highest BCUT2D eigenvalue weighted by molar-refractivity contribution is 5.89. The molecule has 2 fully saturated rings. The van der Waals surface area contributed by atoms with Gasteiger partial charge < -0.3 is 19.4 Å². The van der Waals surface area contributed by atoms with Gasteiger partial charge in [0.2, 0.25) is 0 Å². The zero-order chi connectivity index (χ0) is 22.9. The number of ether oxygens (including phenoxy) is 1. The molecule has 172 valence electrons. The molecule has 2 saturated carbocycles. The van der Waals surface area contributed by atoms with Crippen LogP contribution in [0.5, 0.6) is 0 Å². The van der Waals surface area contributed by atoms with Crippen molar-refractivity contribution in [2.45, 2.75) is 77.1 Å². The van der Waals surface area contributed by atoms with Gasteiger partial charge in [-0.2, -0.15) is 0 Å². The molecule has 6 atom stereocenters. The van der Waals surface area contributed by atoms with Crippen molar-refractivity contribution in [1.82, 2.24) is 0 Å². The molecular weight excluding hydrogens is 404 g/mol. The number of rotatable bonds is 2. The second-order valence-electron chi connectivity index (χ2n) is 11.2. The number of esters is 1. The fourth-order valence-electron chi connectivity index (χ4n) is 7.58. The number of carbonyl (C=O) groups excluding carboxylic acids is 1. The van der Waals surface area contributed by atoms with Crippen molar-refractivity contribution in [3.8, 4) is 0 Å². The maximum absolute atomic E-state index is 13.1. The van der Waals surface area contributed by atoms with Crippen molar-refractivity contribution in [2.75, 3.05) is 0 Å². The van der Waals surface area contributed by atoms with E-state index in [2.05, 4.69) is 20.8 Å². The van der Waals surface area contributed by atoms with Gasteiger partial charge in [0, 0.05) is 17.4 Å². The number of aliphatic hydroxyl groups is 2. The number of hydrogen-bond donors (Lipinski definition) is 2. The second kappa shape index (κ2) is 6.94. The third-order valence-corrected chi connectivity index (χ3v) is 9.32. The van der Waals surface area contributed by atoms with Crippen LogP contribution in [0.25, 0.3) is 0 Å². The summed E-state index contributed by atoms with van der Waals surface area (Å²) in [5.74, 6) is 0.251. The fourth-order valence-corrected chi connectivity index (χ4v) is 7.58. The normalized spacial score (nSPS) is 40.0. The lowest BCUT2D eigenvalue weighted by Gasteiger charge is -2.68. The average Bonchev–Trinajstić information content (AvgIpc) is 3.22. The van der Waals surface area contributed by atoms with E-state index in [0.717, 1.165) is 30.6 Å². The van der Waals surface area contributed by atoms with Gasteiger partial charge in [0.1, 0.15) is 17.5 Å². The standard InChI is InChI=1S/C27H34O5/c1-24(2)12-8-13-25(3)19-15-21-18(11-14-31-21)26(4,29)20(19)16-22(27(24,25)30)32-23(28)17-9-6-5-7-10-17/h5-7,9-11,14,19-20,22,29-30H,8,12-13,15-16H2,1-4H3. The summed E-state index contributed by atoms with van der Waals surface area (Å²) in [4.78, 5) is 13.1. The molecule has 1 heterocycles. The molecule has 5 nitrogen and oxygen atoms in total. The van der Waals surface area contributed by atoms with Gasteiger partial charge in [0.25, 0.3) is 0 Å². The molecule has 0 amide bonds. The zero-order valence-corrected chi connectivity index (χ0v) is 19.4. The maximum atomic E-state index is 13.1. The van der Waals surface area contributed by atoms with Crippen LogP contribution >= 0.6 is 0 Å². The maximum Gasteiger partial charge on any atom is 0.338 e. The van der Waals surface area contributed by atoms with Crippen LogP contribution in [-0.4, -0.2) is 27.9 Å². The first kappa shape index (κ1) is 21.7. The minimum Gasteiger partial charge on any atom is -0.469 e. The quantitative estimate of drug-likeness (QED) is 0.655. The third-order valence-electron chi connectivity index (χ3n) is 9.32. The van der Waals surface area contributed by atoms with E-state index in [1.165, 1.54) is 0 Å². The highest BCUT2D eigenvalue weighted by atomic mass is 16.6. The Bertz CT molecular complexity index is 1020. The Kier molecular flexibility index (Phi) is 4.71. The van der Waals surface area contributed by atoms with Crippen LogP contribution in [0.15, 0.2) is 47.1 Å². The minimum atomic E-state index is -1.22. The highest BCUT2D eigenvalue weighted by Crippen LogP contribution is 2.67. The van der Waals surface area contributed by atoms with Gasteiger partial charge in [0.15, 0.2) is 0 Å². The molecule has 2 N–H and O–H groups in total. The number of hydrogen-bond acceptors (Lipinski definition) is 5. The smallest absolute Gasteiger partial charge is 0.338 e. The Morgan fingerprint density at radius 2 is 1.75 bits per heavy atom. The molecule has 6 unspecified atom stereocenters. The predicted octanol–water partition coefficient (Wildman–Crippen LogP) is 4.85. The van der Waals surface area contributed by atoms with Gasteiger partial charge in [-0.3, -0.25) is 0 Å². The molecule has 0 spiro atoms. The summed E-state index contributed by atoms with van der Waals surface area (Å²) in [5, 5.41) is 24.3. The molecule has 5 rings (SSSR count). The lowest BCUT2D eigenvalue weighted by atomic mass is 9.40. The molecule has 0 saturated heterocycles. The molecule has 1 aromatic heterocycles. The van der Waals surface area contributed by atoms with E-state index in [0.29, 0.717) is 18.4 Å². The van der Waals surface area contributed by atoms with Crippen LogP contribution < -0.4 is 0 Å². The van der Waals surface area contributed by atoms with E-state index in [1.54, 1.807) is 18.4 Å². The monoisotopic (exact) mass is 438 g/mol. The number of furan rings is 1. The van der Waals surface area contributed by atoms with Crippen molar-refractivity contribution >= 4 is 5.97 Å². The summed E-state index contributed by atoms with van der Waals surface area (Å²) >= 11 is 0. The second-order valence-corrected chi connectivity index (χ2v) is 11.2. The van der Waals surface area contributed by atoms with E-state index < -0.39 is 34.1 Å². The Labute approximate surface area is 189 Å². The molecule has 1 aromatic carbocycles. The number of benzene rings is 1. The number of carbonyl (C=O) groups is 1. The van der Waals surface area contributed by atoms with Gasteiger partial charge in [-0.05, 0) is 61.6 Å². The molecule has 32 heavy (non-hydrogen) atoms. The van der Waals surface area contributed by atoms with Crippen LogP contribution in [0.4, 0.5) is 0 Å². The topological polar surface area (TPSA) is 79.9 Å². The first-order valence-electron chi connectivity index (χ1n) is 11.8. The van der Waals surface area contributed by atoms with Gasteiger partial charge in [0.05, 0.1) is 17.4 Å². The fraction of sp³-hybridized carbons (Fsp3) is 0.593. The predicted molar refractivity (Wildman–Crippen MR) is 120 cm³/mol. The average molecular weight is 439 g/mol. The summed E-state index contributed by atoms with van der Waals surface area (Å²) in [5.41, 5.74) is -2.02. The SMILES string of the molecule is CC1(O)c2ccoc2CC2C1CC(OC(=O)c1ccccc1)C1(O)C(C)(C)CCCC21C. The Morgan fingerprint density at radius 1 is 1.03 bits per heavy atom. The zero-order valence-electron chi connectivity index (χ0n) is 19.4. The highest BCUT2D eigenvalue weighted by Gasteiger charge is 2.71. The van der Waals surface area contributed by atoms with Gasteiger partial charge in [-0.1, -0.05) is 45.4 Å². The van der Waals surface area contributed by atoms with Crippen LogP contribution in [0.3, 0.4) is 0 Å². The van der Waals surface area contributed by atoms with Crippen molar-refractivity contribution in [3.63, 3.8) is 0 Å². The van der Waals surface area contributed by atoms with E-state index in [-0.39, 0.29) is 11.8 Å². The Hall–Kier alpha value is -2.11.